The van der Waals surface area contributed by atoms with Crippen LogP contribution >= 0.6 is 0 Å². The van der Waals surface area contributed by atoms with Crippen molar-refractivity contribution < 1.29 is 142 Å². The fourth-order valence-corrected chi connectivity index (χ4v) is 14.8. The van der Waals surface area contributed by atoms with Gasteiger partial charge in [0, 0.05) is 58.3 Å². The molecule has 0 saturated heterocycles. The molecule has 8 rings (SSSR count). The van der Waals surface area contributed by atoms with Crippen molar-refractivity contribution in [2.24, 2.45) is 0 Å². The minimum atomic E-state index is -0.485. The molecular formula is C103H154N2O30. The van der Waals surface area contributed by atoms with Crippen LogP contribution in [0.4, 0.5) is 4.79 Å². The number of nitrogens with one attached hydrogen (secondary N) is 2. The summed E-state index contributed by atoms with van der Waals surface area (Å²) in [6.45, 7) is 25.4. The number of unbranched alkanes of at least 4 members (excludes halogenated alkanes) is 1. The number of alkyl carbamates (subject to hydrolysis) is 1. The molecule has 6 aromatic rings. The van der Waals surface area contributed by atoms with Crippen LogP contribution in [-0.4, -0.2) is 383 Å². The summed E-state index contributed by atoms with van der Waals surface area (Å²) in [6, 6.07) is 49.3. The van der Waals surface area contributed by atoms with Crippen molar-refractivity contribution in [3.8, 4) is 50.3 Å². The second kappa shape index (κ2) is 77.6. The summed E-state index contributed by atoms with van der Waals surface area (Å²) < 4.78 is 158. The first-order valence-corrected chi connectivity index (χ1v) is 48.3. The molecule has 2 aliphatic rings. The number of amides is 2. The lowest BCUT2D eigenvalue weighted by molar-refractivity contribution is -0.122. The smallest absolute Gasteiger partial charge is 0.407 e. The quantitative estimate of drug-likeness (QED) is 0.0335. The fourth-order valence-electron chi connectivity index (χ4n) is 14.8. The van der Waals surface area contributed by atoms with E-state index < -0.39 is 6.09 Å². The highest BCUT2D eigenvalue weighted by atomic mass is 16.6. The van der Waals surface area contributed by atoms with Crippen LogP contribution in [0.25, 0.3) is 44.5 Å². The zero-order valence-corrected chi connectivity index (χ0v) is 80.2. The number of ether oxygens (including phenoxy) is 28. The number of hydrogen-bond donors (Lipinski definition) is 2. The summed E-state index contributed by atoms with van der Waals surface area (Å²) in [5.74, 6) is 0.698. The zero-order chi connectivity index (χ0) is 94.3. The van der Waals surface area contributed by atoms with E-state index in [4.69, 9.17) is 133 Å². The van der Waals surface area contributed by atoms with Crippen LogP contribution in [0.1, 0.15) is 73.1 Å². The van der Waals surface area contributed by atoms with Crippen molar-refractivity contribution in [2.75, 3.05) is 371 Å². The van der Waals surface area contributed by atoms with Gasteiger partial charge in [0.25, 0.3) is 0 Å². The third kappa shape index (κ3) is 50.0. The van der Waals surface area contributed by atoms with Crippen LogP contribution in [0, 0.1) is 0 Å². The van der Waals surface area contributed by atoms with Gasteiger partial charge in [-0.15, -0.1) is 0 Å². The maximum Gasteiger partial charge on any atom is 0.407 e. The highest BCUT2D eigenvalue weighted by Gasteiger charge is 2.43. The van der Waals surface area contributed by atoms with Gasteiger partial charge in [-0.05, 0) is 130 Å². The molecule has 0 fully saturated rings. The first-order valence-electron chi connectivity index (χ1n) is 48.3. The van der Waals surface area contributed by atoms with Crippen LogP contribution in [0.5, 0.6) is 5.75 Å². The Morgan fingerprint density at radius 1 is 0.259 bits per heavy atom. The maximum atomic E-state index is 12.6. The van der Waals surface area contributed by atoms with Crippen molar-refractivity contribution in [1.29, 1.82) is 0 Å². The van der Waals surface area contributed by atoms with Gasteiger partial charge in [-0.2, -0.15) is 0 Å². The molecule has 32 nitrogen and oxygen atoms in total. The Kier molecular flexibility index (Phi) is 65.0. The SMILES string of the molecule is COCCOCCOCCOCCOCCOCCOCCOCCOCCOCCOCCOCCCC1(CCCOCCOCCOCCOCCOCCOCCOCCOCCOCCOCCOCCOC)c2cc(-c3ccccc3)ccc2-c2ccc(-c3ccc(OCCCCNC(=O)CCOCCOCCNC(=O)OCC4c5ccccc5-c5ccccc54)cc3)cc21. The lowest BCUT2D eigenvalue weighted by Crippen LogP contribution is -2.29. The summed E-state index contributed by atoms with van der Waals surface area (Å²) in [5.41, 5.74) is 13.9. The molecule has 135 heavy (non-hydrogen) atoms. The molecule has 2 amide bonds. The van der Waals surface area contributed by atoms with Crippen LogP contribution in [-0.2, 0) is 138 Å². The predicted octanol–water partition coefficient (Wildman–Crippen LogP) is 11.7. The van der Waals surface area contributed by atoms with E-state index in [-0.39, 0.29) is 36.9 Å². The Bertz CT molecular complexity index is 3750. The fraction of sp³-hybridized carbons (Fsp3) is 0.631. The molecule has 0 aromatic heterocycles. The molecule has 0 unspecified atom stereocenters. The van der Waals surface area contributed by atoms with E-state index in [9.17, 15) is 9.59 Å². The molecule has 32 heteroatoms. The topological polar surface area (TPSA) is 317 Å². The first-order chi connectivity index (χ1) is 67.0. The molecule has 0 bridgehead atoms. The number of methoxy groups -OCH3 is 2. The van der Waals surface area contributed by atoms with Crippen molar-refractivity contribution in [3.63, 3.8) is 0 Å². The number of carbonyl (C=O) groups excluding carboxylic acids is 2. The van der Waals surface area contributed by atoms with E-state index in [1.165, 1.54) is 38.9 Å². The summed E-state index contributed by atoms with van der Waals surface area (Å²) >= 11 is 0. The Morgan fingerprint density at radius 3 is 0.904 bits per heavy atom. The molecule has 0 heterocycles. The van der Waals surface area contributed by atoms with Crippen LogP contribution in [0.2, 0.25) is 0 Å². The van der Waals surface area contributed by atoms with Crippen molar-refractivity contribution >= 4 is 12.0 Å². The maximum absolute atomic E-state index is 12.6. The highest BCUT2D eigenvalue weighted by Crippen LogP contribution is 2.56. The van der Waals surface area contributed by atoms with Gasteiger partial charge < -0.3 is 143 Å². The summed E-state index contributed by atoms with van der Waals surface area (Å²) in [7, 11) is 3.29. The molecule has 0 radical (unpaired) electrons. The number of hydrogen-bond acceptors (Lipinski definition) is 30. The highest BCUT2D eigenvalue weighted by molar-refractivity contribution is 5.86. The van der Waals surface area contributed by atoms with Gasteiger partial charge in [-0.3, -0.25) is 4.79 Å². The Morgan fingerprint density at radius 2 is 0.556 bits per heavy atom. The third-order valence-electron chi connectivity index (χ3n) is 21.6. The molecule has 2 N–H and O–H groups in total. The molecule has 2 aliphatic carbocycles. The molecule has 0 aliphatic heterocycles. The van der Waals surface area contributed by atoms with E-state index >= 15 is 0 Å². The Labute approximate surface area is 800 Å². The van der Waals surface area contributed by atoms with Gasteiger partial charge in [-0.25, -0.2) is 4.79 Å². The average molecular weight is 1900 g/mol. The molecule has 756 valence electrons. The van der Waals surface area contributed by atoms with Gasteiger partial charge in [-0.1, -0.05) is 115 Å². The summed E-state index contributed by atoms with van der Waals surface area (Å²) in [6.07, 6.45) is 4.61. The third-order valence-corrected chi connectivity index (χ3v) is 21.6. The van der Waals surface area contributed by atoms with Gasteiger partial charge >= 0.3 is 6.09 Å². The zero-order valence-electron chi connectivity index (χ0n) is 80.2. The van der Waals surface area contributed by atoms with Crippen molar-refractivity contribution in [1.82, 2.24) is 10.6 Å². The van der Waals surface area contributed by atoms with E-state index in [2.05, 4.69) is 114 Å². The van der Waals surface area contributed by atoms with Gasteiger partial charge in [0.15, 0.2) is 0 Å². The van der Waals surface area contributed by atoms with Gasteiger partial charge in [0.05, 0.1) is 324 Å². The van der Waals surface area contributed by atoms with Crippen molar-refractivity contribution in [3.05, 3.63) is 162 Å². The molecular weight excluding hydrogens is 1750 g/mol. The van der Waals surface area contributed by atoms with Crippen LogP contribution < -0.4 is 15.4 Å². The number of carbonyl (C=O) groups is 2. The van der Waals surface area contributed by atoms with Crippen LogP contribution in [0.3, 0.4) is 0 Å². The number of fused-ring (bicyclic) bond motifs is 6. The van der Waals surface area contributed by atoms with E-state index in [0.29, 0.717) is 343 Å². The Hall–Kier alpha value is -7.18. The molecule has 0 saturated carbocycles. The monoisotopic (exact) mass is 1900 g/mol. The lowest BCUT2D eigenvalue weighted by Gasteiger charge is -2.33. The molecule has 0 spiro atoms. The normalized spacial score (nSPS) is 12.5. The second-order valence-corrected chi connectivity index (χ2v) is 31.3. The molecule has 0 atom stereocenters. The molecule has 6 aromatic carbocycles. The van der Waals surface area contributed by atoms with Crippen LogP contribution in [0.15, 0.2) is 140 Å². The first kappa shape index (κ1) is 113. The minimum Gasteiger partial charge on any atom is -0.494 e. The van der Waals surface area contributed by atoms with E-state index in [0.717, 1.165) is 72.1 Å². The van der Waals surface area contributed by atoms with Crippen molar-refractivity contribution in [2.45, 2.75) is 56.3 Å². The summed E-state index contributed by atoms with van der Waals surface area (Å²) in [5, 5.41) is 5.76. The van der Waals surface area contributed by atoms with Gasteiger partial charge in [0.2, 0.25) is 5.91 Å². The predicted molar refractivity (Wildman–Crippen MR) is 511 cm³/mol. The van der Waals surface area contributed by atoms with E-state index in [1.807, 2.05) is 36.4 Å². The number of rotatable bonds is 93. The largest absolute Gasteiger partial charge is 0.494 e. The number of benzene rings is 6. The van der Waals surface area contributed by atoms with E-state index in [1.54, 1.807) is 14.2 Å². The second-order valence-electron chi connectivity index (χ2n) is 31.3. The van der Waals surface area contributed by atoms with Gasteiger partial charge in [0.1, 0.15) is 12.4 Å². The average Bonchev–Trinajstić information content (AvgIpc) is 1.56. The minimum absolute atomic E-state index is 0.00539. The Balaban J connectivity index is 0.684. The standard InChI is InChI=1S/C103H154N2O30/c1-108-38-40-114-48-50-118-56-58-122-64-66-126-72-74-130-80-82-132-78-76-128-70-68-124-62-60-120-54-52-116-46-42-110-33-12-29-103(30-13-34-111-43-47-117-53-55-121-61-63-125-69-71-129-77-79-133-83-81-131-75-73-127-67-65-123-59-57-119-51-49-115-41-39-109-2)99-84-89(87-14-4-3-5-15-87)22-26-96(99)97-27-23-90(85-100(97)103)88-20-24-91(25-21-88)134-35-11-10-31-104-101(106)28-36-112-44-45-113-37-32-105-102(107)135-86-98-94-18-8-6-16-92(94)93-17-7-9-19-95(93)98/h3-9,14-27,84-85,98H,10-13,28-83,86H2,1-2H3,(H,104,106)(H,105,107). The summed E-state index contributed by atoms with van der Waals surface area (Å²) in [4.78, 5) is 25.2. The lowest BCUT2D eigenvalue weighted by atomic mass is 9.70.